The smallest absolute Gasteiger partial charge is 0.266 e. The second-order valence-corrected chi connectivity index (χ2v) is 19.0. The number of imide groups is 2. The van der Waals surface area contributed by atoms with Crippen molar-refractivity contribution in [3.63, 3.8) is 0 Å². The first-order chi connectivity index (χ1) is 34.8. The first-order valence-electron chi connectivity index (χ1n) is 25.1. The van der Waals surface area contributed by atoms with Crippen molar-refractivity contribution in [1.82, 2.24) is 35.6 Å². The molecule has 0 spiro atoms. The lowest BCUT2D eigenvalue weighted by Crippen LogP contribution is -2.54. The van der Waals surface area contributed by atoms with Gasteiger partial charge < -0.3 is 34.7 Å². The lowest BCUT2D eigenvalue weighted by atomic mass is 9.94. The van der Waals surface area contributed by atoms with E-state index in [2.05, 4.69) is 72.9 Å². The fourth-order valence-corrected chi connectivity index (χ4v) is 10.1. The van der Waals surface area contributed by atoms with E-state index < -0.39 is 29.7 Å². The molecule has 18 heteroatoms. The molecule has 4 N–H and O–H groups in total. The number of fused-ring (bicyclic) bond motifs is 1. The maximum atomic E-state index is 14.0. The molecule has 0 aliphatic carbocycles. The Morgan fingerprint density at radius 1 is 0.833 bits per heavy atom. The Kier molecular flexibility index (Phi) is 17.0. The zero-order valence-corrected chi connectivity index (χ0v) is 41.7. The predicted octanol–water partition coefficient (Wildman–Crippen LogP) is 4.02. The van der Waals surface area contributed by atoms with Gasteiger partial charge in [0.25, 0.3) is 23.3 Å². The van der Waals surface area contributed by atoms with Gasteiger partial charge >= 0.3 is 0 Å². The molecule has 6 amide bonds. The van der Waals surface area contributed by atoms with Gasteiger partial charge in [0.1, 0.15) is 11.8 Å². The summed E-state index contributed by atoms with van der Waals surface area (Å²) in [6, 6.07) is 18.6. The Balaban J connectivity index is 0.769. The van der Waals surface area contributed by atoms with Crippen LogP contribution < -0.4 is 31.1 Å². The van der Waals surface area contributed by atoms with Gasteiger partial charge in [-0.05, 0) is 105 Å². The van der Waals surface area contributed by atoms with E-state index in [0.29, 0.717) is 63.1 Å². The first-order valence-corrected chi connectivity index (χ1v) is 25.1. The average molecular weight is 987 g/mol. The highest BCUT2D eigenvalue weighted by Crippen LogP contribution is 2.36. The third kappa shape index (κ3) is 12.1. The third-order valence-electron chi connectivity index (χ3n) is 14.0. The van der Waals surface area contributed by atoms with Crippen LogP contribution in [0.5, 0.6) is 5.75 Å². The first kappa shape index (κ1) is 51.6. The van der Waals surface area contributed by atoms with Gasteiger partial charge in [0.15, 0.2) is 0 Å². The Morgan fingerprint density at radius 2 is 1.58 bits per heavy atom. The number of anilines is 1. The Labute approximate surface area is 419 Å². The number of aromatic nitrogens is 1. The maximum absolute atomic E-state index is 14.0. The van der Waals surface area contributed by atoms with Gasteiger partial charge in [-0.15, -0.1) is 0 Å². The van der Waals surface area contributed by atoms with Crippen molar-refractivity contribution in [2.24, 2.45) is 0 Å². The number of aromatic amines is 1. The third-order valence-corrected chi connectivity index (χ3v) is 14.0. The number of carbonyl (C=O) groups excluding carboxylic acids is 6. The van der Waals surface area contributed by atoms with Gasteiger partial charge in [-0.1, -0.05) is 30.3 Å². The summed E-state index contributed by atoms with van der Waals surface area (Å²) in [6.45, 7) is 15.7. The molecule has 8 rings (SSSR count). The number of nitrogens with zero attached hydrogens (tertiary/aromatic N) is 4. The molecule has 1 unspecified atom stereocenters. The van der Waals surface area contributed by atoms with Gasteiger partial charge in [-0.25, -0.2) is 0 Å². The van der Waals surface area contributed by atoms with Crippen LogP contribution in [0.4, 0.5) is 5.69 Å². The molecule has 382 valence electrons. The molecule has 0 saturated carbocycles. The minimum Gasteiger partial charge on any atom is -0.493 e. The largest absolute Gasteiger partial charge is 0.493 e. The molecule has 3 aromatic carbocycles. The predicted molar refractivity (Wildman–Crippen MR) is 270 cm³/mol. The van der Waals surface area contributed by atoms with E-state index in [1.165, 1.54) is 11.6 Å². The molecule has 1 aromatic heterocycles. The summed E-state index contributed by atoms with van der Waals surface area (Å²) in [4.78, 5) is 101. The minimum absolute atomic E-state index is 0.0405. The zero-order valence-electron chi connectivity index (χ0n) is 41.7. The summed E-state index contributed by atoms with van der Waals surface area (Å²) in [5.74, 6) is -2.37. The van der Waals surface area contributed by atoms with Gasteiger partial charge in [0.2, 0.25) is 17.7 Å². The lowest BCUT2D eigenvalue weighted by Gasteiger charge is -2.37. The molecule has 0 radical (unpaired) electrons. The number of carbonyl (C=O) groups is 6. The molecular weight excluding hydrogens is 921 g/mol. The quantitative estimate of drug-likeness (QED) is 0.0729. The number of amides is 6. The molecule has 4 aliphatic rings. The average Bonchev–Trinajstić information content (AvgIpc) is 3.62. The number of ether oxygens (including phenoxy) is 3. The van der Waals surface area contributed by atoms with Crippen LogP contribution in [0.1, 0.15) is 98.0 Å². The van der Waals surface area contributed by atoms with Crippen molar-refractivity contribution in [3.05, 3.63) is 116 Å². The Bertz CT molecular complexity index is 2730. The molecular formula is C54H66N8O10. The van der Waals surface area contributed by atoms with Crippen LogP contribution >= 0.6 is 0 Å². The second-order valence-electron chi connectivity index (χ2n) is 19.0. The highest BCUT2D eigenvalue weighted by Gasteiger charge is 2.46. The van der Waals surface area contributed by atoms with E-state index >= 15 is 0 Å². The van der Waals surface area contributed by atoms with Crippen LogP contribution in [-0.2, 0) is 36.9 Å². The highest BCUT2D eigenvalue weighted by atomic mass is 16.5. The number of aryl methyl sites for hydroxylation is 2. The van der Waals surface area contributed by atoms with Crippen molar-refractivity contribution in [2.45, 2.75) is 85.0 Å². The summed E-state index contributed by atoms with van der Waals surface area (Å²) in [7, 11) is 0. The van der Waals surface area contributed by atoms with E-state index in [1.54, 1.807) is 12.1 Å². The van der Waals surface area contributed by atoms with Crippen molar-refractivity contribution < 1.29 is 43.0 Å². The number of benzene rings is 3. The minimum atomic E-state index is -1.05. The van der Waals surface area contributed by atoms with Crippen LogP contribution in [0.25, 0.3) is 11.1 Å². The molecule has 18 nitrogen and oxygen atoms in total. The Morgan fingerprint density at radius 3 is 2.31 bits per heavy atom. The summed E-state index contributed by atoms with van der Waals surface area (Å²) in [5.41, 5.74) is 7.85. The number of rotatable bonds is 20. The van der Waals surface area contributed by atoms with E-state index in [4.69, 9.17) is 14.2 Å². The fourth-order valence-electron chi connectivity index (χ4n) is 10.1. The monoisotopic (exact) mass is 986 g/mol. The number of hydrogen-bond acceptors (Lipinski definition) is 13. The number of hydrogen-bond donors (Lipinski definition) is 4. The van der Waals surface area contributed by atoms with Crippen LogP contribution in [0.2, 0.25) is 0 Å². The molecule has 4 aliphatic heterocycles. The highest BCUT2D eigenvalue weighted by molar-refractivity contribution is 6.24. The molecule has 3 fully saturated rings. The van der Waals surface area contributed by atoms with Crippen LogP contribution in [0.3, 0.4) is 0 Å². The number of nitrogens with one attached hydrogen (secondary N) is 4. The van der Waals surface area contributed by atoms with Crippen molar-refractivity contribution in [1.29, 1.82) is 0 Å². The normalized spacial score (nSPS) is 17.7. The van der Waals surface area contributed by atoms with Crippen molar-refractivity contribution in [2.75, 3.05) is 83.7 Å². The topological polar surface area (TPSA) is 212 Å². The second kappa shape index (κ2) is 23.7. The number of pyridine rings is 1. The lowest BCUT2D eigenvalue weighted by molar-refractivity contribution is -0.136. The van der Waals surface area contributed by atoms with E-state index in [0.717, 1.165) is 90.6 Å². The van der Waals surface area contributed by atoms with Gasteiger partial charge in [-0.2, -0.15) is 0 Å². The molecule has 1 atom stereocenters. The van der Waals surface area contributed by atoms with Crippen molar-refractivity contribution in [3.8, 4) is 16.9 Å². The number of piperazine rings is 1. The summed E-state index contributed by atoms with van der Waals surface area (Å²) >= 11 is 0. The summed E-state index contributed by atoms with van der Waals surface area (Å²) in [6.07, 6.45) is 2.44. The zero-order chi connectivity index (χ0) is 50.9. The van der Waals surface area contributed by atoms with Crippen LogP contribution in [0, 0.1) is 20.8 Å². The van der Waals surface area contributed by atoms with Crippen LogP contribution in [-0.4, -0.2) is 146 Å². The molecule has 72 heavy (non-hydrogen) atoms. The standard InChI is InChI=1S/C54H66N8O10/c1-5-61(40-16-25-71-26-17-40)45-30-39(29-42(36(45)4)50(65)56-31-43-34(2)28-35(3)57-51(43)66)38-12-10-37(11-13-38)32-59-19-21-60(22-20-59)33-48(64)55-18-27-70-23-7-24-72-46-9-6-8-41-49(46)54(69)62(53(41)68)44-14-15-47(63)58-52(44)67/h6,8-13,28-30,40,44H,5,7,14-27,31-33H2,1-4H3,(H,55,64)(H,56,65)(H,57,66)(H,58,63,67). The molecule has 0 bridgehead atoms. The van der Waals surface area contributed by atoms with E-state index in [1.807, 2.05) is 32.9 Å². The van der Waals surface area contributed by atoms with Crippen molar-refractivity contribution >= 4 is 41.1 Å². The van der Waals surface area contributed by atoms with E-state index in [-0.39, 0.29) is 60.2 Å². The maximum Gasteiger partial charge on any atom is 0.266 e. The molecule has 5 heterocycles. The molecule has 4 aromatic rings. The van der Waals surface area contributed by atoms with Gasteiger partial charge in [-0.3, -0.25) is 53.6 Å². The SMILES string of the molecule is CCN(c1cc(-c2ccc(CN3CCN(CC(=O)NCCOCCCOc4cccc5c4C(=O)N(C4CCC(=O)NC4=O)C5=O)CC3)cc2)cc(C(=O)NCc2c(C)cc(C)[nH]c2=O)c1C)C1CCOCC1. The van der Waals surface area contributed by atoms with Gasteiger partial charge in [0, 0.05) is 114 Å². The molecule has 3 saturated heterocycles. The summed E-state index contributed by atoms with van der Waals surface area (Å²) < 4.78 is 17.3. The fraction of sp³-hybridized carbons (Fsp3) is 0.463. The number of H-pyrrole nitrogens is 1. The number of piperidine rings is 1. The van der Waals surface area contributed by atoms with Crippen LogP contribution in [0.15, 0.2) is 65.5 Å². The Hall–Kier alpha value is -6.73. The van der Waals surface area contributed by atoms with E-state index in [9.17, 15) is 33.6 Å². The van der Waals surface area contributed by atoms with Gasteiger partial charge in [0.05, 0.1) is 30.9 Å². The summed E-state index contributed by atoms with van der Waals surface area (Å²) in [5, 5.41) is 8.18.